The third-order valence-electron chi connectivity index (χ3n) is 5.63. The molecule has 0 N–H and O–H groups in total. The molecule has 0 saturated heterocycles. The number of benzene rings is 2. The Morgan fingerprint density at radius 3 is 2.56 bits per heavy atom. The first-order valence-corrected chi connectivity index (χ1v) is 9.04. The number of esters is 1. The molecule has 1 aliphatic rings. The summed E-state index contributed by atoms with van der Waals surface area (Å²) in [6.45, 7) is 6.58. The fraction of sp³-hybridized carbons (Fsp3) is 0.261. The number of nitrogens with zero attached hydrogens (tertiary/aromatic N) is 2. The summed E-state index contributed by atoms with van der Waals surface area (Å²) in [4.78, 5) is 16.6. The Hall–Kier alpha value is -3.01. The zero-order valence-corrected chi connectivity index (χ0v) is 16.3. The Balaban J connectivity index is 2.01. The molecule has 0 saturated carbocycles. The third kappa shape index (κ3) is 2.47. The van der Waals surface area contributed by atoms with Crippen LogP contribution in [0.1, 0.15) is 41.0 Å². The van der Waals surface area contributed by atoms with Gasteiger partial charge in [-0.25, -0.2) is 9.78 Å². The summed E-state index contributed by atoms with van der Waals surface area (Å²) in [5, 5.41) is 0. The fourth-order valence-corrected chi connectivity index (χ4v) is 4.19. The third-order valence-corrected chi connectivity index (χ3v) is 5.63. The minimum atomic E-state index is -0.427. The van der Waals surface area contributed by atoms with Crippen LogP contribution in [-0.4, -0.2) is 18.1 Å². The summed E-state index contributed by atoms with van der Waals surface area (Å²) in [6, 6.07) is 13.0. The number of fused-ring (bicyclic) bond motifs is 3. The molecule has 0 spiro atoms. The van der Waals surface area contributed by atoms with E-state index in [9.17, 15) is 4.79 Å². The number of hydrogen-bond donors (Lipinski definition) is 0. The minimum Gasteiger partial charge on any atom is -0.464 e. The van der Waals surface area contributed by atoms with Gasteiger partial charge in [0.1, 0.15) is 7.05 Å². The number of aryl methyl sites for hydroxylation is 2. The minimum absolute atomic E-state index is 0.0966. The average Bonchev–Trinajstić information content (AvgIpc) is 2.88. The van der Waals surface area contributed by atoms with Crippen LogP contribution >= 0.6 is 0 Å². The van der Waals surface area contributed by atoms with E-state index >= 15 is 0 Å². The van der Waals surface area contributed by atoms with Crippen LogP contribution in [0.2, 0.25) is 0 Å². The van der Waals surface area contributed by atoms with Gasteiger partial charge in [0.05, 0.1) is 18.9 Å². The van der Waals surface area contributed by atoms with E-state index in [0.29, 0.717) is 5.69 Å². The van der Waals surface area contributed by atoms with Gasteiger partial charge >= 0.3 is 5.97 Å². The van der Waals surface area contributed by atoms with Crippen LogP contribution in [0.15, 0.2) is 48.8 Å². The summed E-state index contributed by atoms with van der Waals surface area (Å²) in [5.41, 5.74) is 8.28. The summed E-state index contributed by atoms with van der Waals surface area (Å²) >= 11 is 0. The number of hydrogen-bond acceptors (Lipinski definition) is 3. The van der Waals surface area contributed by atoms with Crippen molar-refractivity contribution in [2.45, 2.75) is 26.2 Å². The maximum Gasteiger partial charge on any atom is 0.363 e. The van der Waals surface area contributed by atoms with E-state index in [1.165, 1.54) is 29.4 Å². The zero-order chi connectivity index (χ0) is 19.3. The van der Waals surface area contributed by atoms with Crippen molar-refractivity contribution in [1.82, 2.24) is 4.98 Å². The standard InChI is InChI=1S/C23H23N2O2/c1-14-12-17-15-8-6-7-9-18(15)23(2,3)19(17)13-16(14)21-20(22(26)27-5)24-10-11-25(21)4/h6-13H,1-5H3/q+1. The number of methoxy groups -OCH3 is 1. The highest BCUT2D eigenvalue weighted by Crippen LogP contribution is 2.50. The van der Waals surface area contributed by atoms with Gasteiger partial charge in [-0.3, -0.25) is 0 Å². The lowest BCUT2D eigenvalue weighted by atomic mass is 9.81. The Kier molecular flexibility index (Phi) is 3.88. The number of carbonyl (C=O) groups is 1. The van der Waals surface area contributed by atoms with E-state index in [1.54, 1.807) is 6.20 Å². The second-order valence-electron chi connectivity index (χ2n) is 7.61. The van der Waals surface area contributed by atoms with Crippen molar-refractivity contribution in [2.24, 2.45) is 7.05 Å². The van der Waals surface area contributed by atoms with Crippen LogP contribution in [0, 0.1) is 6.92 Å². The first-order chi connectivity index (χ1) is 12.9. The molecule has 27 heavy (non-hydrogen) atoms. The maximum atomic E-state index is 12.3. The quantitative estimate of drug-likeness (QED) is 0.514. The van der Waals surface area contributed by atoms with Crippen molar-refractivity contribution in [3.8, 4) is 22.4 Å². The van der Waals surface area contributed by atoms with E-state index in [0.717, 1.165) is 16.8 Å². The van der Waals surface area contributed by atoms with Gasteiger partial charge in [-0.1, -0.05) is 44.2 Å². The molecule has 0 radical (unpaired) electrons. The van der Waals surface area contributed by atoms with Crippen molar-refractivity contribution < 1.29 is 14.1 Å². The molecule has 0 unspecified atom stereocenters. The molecule has 0 aliphatic heterocycles. The van der Waals surface area contributed by atoms with Crippen LogP contribution in [0.25, 0.3) is 22.4 Å². The summed E-state index contributed by atoms with van der Waals surface area (Å²) < 4.78 is 6.90. The van der Waals surface area contributed by atoms with Crippen molar-refractivity contribution >= 4 is 5.97 Å². The largest absolute Gasteiger partial charge is 0.464 e. The fourth-order valence-electron chi connectivity index (χ4n) is 4.19. The predicted molar refractivity (Wildman–Crippen MR) is 104 cm³/mol. The molecule has 1 aromatic heterocycles. The molecule has 0 atom stereocenters. The molecule has 136 valence electrons. The summed E-state index contributed by atoms with van der Waals surface area (Å²) in [6.07, 6.45) is 3.48. The highest BCUT2D eigenvalue weighted by atomic mass is 16.5. The van der Waals surface area contributed by atoms with Crippen molar-refractivity contribution in [3.63, 3.8) is 0 Å². The number of rotatable bonds is 2. The van der Waals surface area contributed by atoms with Crippen LogP contribution in [0.4, 0.5) is 0 Å². The van der Waals surface area contributed by atoms with Gasteiger partial charge in [-0.05, 0) is 40.8 Å². The molecule has 1 heterocycles. The van der Waals surface area contributed by atoms with Crippen molar-refractivity contribution in [3.05, 3.63) is 71.2 Å². The second kappa shape index (κ2) is 6.02. The molecule has 4 nitrogen and oxygen atoms in total. The predicted octanol–water partition coefficient (Wildman–Crippen LogP) is 3.97. The second-order valence-corrected chi connectivity index (χ2v) is 7.61. The van der Waals surface area contributed by atoms with Crippen LogP contribution in [0.3, 0.4) is 0 Å². The smallest absolute Gasteiger partial charge is 0.363 e. The molecule has 0 fully saturated rings. The summed E-state index contributed by atoms with van der Waals surface area (Å²) in [7, 11) is 3.31. The van der Waals surface area contributed by atoms with Gasteiger partial charge in [0, 0.05) is 5.41 Å². The Morgan fingerprint density at radius 2 is 1.81 bits per heavy atom. The number of carbonyl (C=O) groups excluding carboxylic acids is 1. The van der Waals surface area contributed by atoms with E-state index in [4.69, 9.17) is 4.74 Å². The van der Waals surface area contributed by atoms with Gasteiger partial charge in [0.2, 0.25) is 11.4 Å². The van der Waals surface area contributed by atoms with E-state index in [-0.39, 0.29) is 5.41 Å². The SMILES string of the molecule is COC(=O)c1ncc[n+](C)c1-c1cc2c(cc1C)-c1ccccc1C2(C)C. The monoisotopic (exact) mass is 359 g/mol. The molecule has 2 aromatic carbocycles. The normalized spacial score (nSPS) is 13.8. The van der Waals surface area contributed by atoms with E-state index in [2.05, 4.69) is 62.2 Å². The highest BCUT2D eigenvalue weighted by molar-refractivity contribution is 5.94. The van der Waals surface area contributed by atoms with Crippen LogP contribution < -0.4 is 4.57 Å². The zero-order valence-electron chi connectivity index (χ0n) is 16.3. The first-order valence-electron chi connectivity index (χ1n) is 9.04. The lowest BCUT2D eigenvalue weighted by molar-refractivity contribution is -0.661. The lowest BCUT2D eigenvalue weighted by Gasteiger charge is -2.22. The van der Waals surface area contributed by atoms with Gasteiger partial charge in [-0.15, -0.1) is 0 Å². The van der Waals surface area contributed by atoms with Gasteiger partial charge in [-0.2, -0.15) is 4.57 Å². The average molecular weight is 359 g/mol. The molecule has 3 aromatic rings. The topological polar surface area (TPSA) is 43.1 Å². The summed E-state index contributed by atoms with van der Waals surface area (Å²) in [5.74, 6) is -0.427. The Bertz CT molecular complexity index is 1080. The Labute approximate surface area is 159 Å². The van der Waals surface area contributed by atoms with Crippen molar-refractivity contribution in [1.29, 1.82) is 0 Å². The Morgan fingerprint density at radius 1 is 1.07 bits per heavy atom. The number of aromatic nitrogens is 2. The molecule has 4 rings (SSSR count). The van der Waals surface area contributed by atoms with E-state index in [1.807, 2.05) is 17.8 Å². The van der Waals surface area contributed by atoms with Gasteiger partial charge in [0.15, 0.2) is 6.20 Å². The molecular formula is C23H23N2O2+. The molecule has 1 aliphatic carbocycles. The molecule has 0 bridgehead atoms. The van der Waals surface area contributed by atoms with Gasteiger partial charge in [0.25, 0.3) is 0 Å². The highest BCUT2D eigenvalue weighted by Gasteiger charge is 2.37. The maximum absolute atomic E-state index is 12.3. The molecule has 0 amide bonds. The lowest BCUT2D eigenvalue weighted by Crippen LogP contribution is -2.34. The van der Waals surface area contributed by atoms with Crippen LogP contribution in [0.5, 0.6) is 0 Å². The first kappa shape index (κ1) is 17.4. The van der Waals surface area contributed by atoms with Crippen molar-refractivity contribution in [2.75, 3.05) is 7.11 Å². The molecule has 4 heteroatoms. The van der Waals surface area contributed by atoms with E-state index < -0.39 is 5.97 Å². The van der Waals surface area contributed by atoms with Crippen LogP contribution in [-0.2, 0) is 17.2 Å². The van der Waals surface area contributed by atoms with Gasteiger partial charge < -0.3 is 4.74 Å². The number of ether oxygens (including phenoxy) is 1. The molecular weight excluding hydrogens is 336 g/mol.